The van der Waals surface area contributed by atoms with Gasteiger partial charge in [-0.25, -0.2) is 4.39 Å². The van der Waals surface area contributed by atoms with Crippen LogP contribution in [0.3, 0.4) is 0 Å². The Labute approximate surface area is 106 Å². The first-order chi connectivity index (χ1) is 8.63. The molecule has 0 fully saturated rings. The number of likely N-dealkylation sites (N-methyl/N-ethyl adjacent to an activating group) is 1. The highest BCUT2D eigenvalue weighted by molar-refractivity contribution is 5.77. The van der Waals surface area contributed by atoms with Crippen molar-refractivity contribution in [1.29, 1.82) is 0 Å². The van der Waals surface area contributed by atoms with E-state index in [9.17, 15) is 9.18 Å². The molecule has 1 aromatic rings. The monoisotopic (exact) mass is 255 g/mol. The number of methoxy groups -OCH3 is 1. The number of benzene rings is 1. The molecule has 0 aliphatic carbocycles. The minimum absolute atomic E-state index is 0.0288. The minimum atomic E-state index is -0.282. The standard InChI is InChI=1S/C13H18FNO3/c1-15(13(16)10-18-8-7-17-2)9-11-3-5-12(14)6-4-11/h3-6H,7-10H2,1-2H3. The smallest absolute Gasteiger partial charge is 0.248 e. The zero-order valence-corrected chi connectivity index (χ0v) is 10.7. The lowest BCUT2D eigenvalue weighted by Crippen LogP contribution is -2.30. The molecule has 1 aromatic carbocycles. The first kappa shape index (κ1) is 14.6. The number of rotatable bonds is 7. The molecule has 100 valence electrons. The van der Waals surface area contributed by atoms with Crippen LogP contribution in [-0.2, 0) is 20.8 Å². The van der Waals surface area contributed by atoms with Gasteiger partial charge >= 0.3 is 0 Å². The van der Waals surface area contributed by atoms with Gasteiger partial charge in [-0.2, -0.15) is 0 Å². The Hall–Kier alpha value is -1.46. The van der Waals surface area contributed by atoms with Crippen LogP contribution in [0.25, 0.3) is 0 Å². The van der Waals surface area contributed by atoms with Crippen molar-refractivity contribution >= 4 is 5.91 Å². The molecule has 0 saturated carbocycles. The van der Waals surface area contributed by atoms with Gasteiger partial charge in [-0.15, -0.1) is 0 Å². The third-order valence-corrected chi connectivity index (χ3v) is 2.42. The summed E-state index contributed by atoms with van der Waals surface area (Å²) in [7, 11) is 3.26. The number of halogens is 1. The molecule has 0 radical (unpaired) electrons. The molecule has 0 aliphatic rings. The topological polar surface area (TPSA) is 38.8 Å². The van der Waals surface area contributed by atoms with Crippen molar-refractivity contribution in [3.05, 3.63) is 35.6 Å². The molecule has 0 N–H and O–H groups in total. The first-order valence-corrected chi connectivity index (χ1v) is 5.68. The Morgan fingerprint density at radius 3 is 2.56 bits per heavy atom. The third kappa shape index (κ3) is 5.25. The molecule has 5 heteroatoms. The van der Waals surface area contributed by atoms with Gasteiger partial charge in [0.1, 0.15) is 12.4 Å². The summed E-state index contributed by atoms with van der Waals surface area (Å²) in [6.45, 7) is 1.33. The normalized spacial score (nSPS) is 10.4. The second kappa shape index (κ2) is 7.79. The highest BCUT2D eigenvalue weighted by atomic mass is 19.1. The lowest BCUT2D eigenvalue weighted by molar-refractivity contribution is -0.135. The van der Waals surface area contributed by atoms with E-state index in [2.05, 4.69) is 0 Å². The van der Waals surface area contributed by atoms with E-state index in [1.54, 1.807) is 31.2 Å². The number of nitrogens with zero attached hydrogens (tertiary/aromatic N) is 1. The number of carbonyl (C=O) groups is 1. The fourth-order valence-corrected chi connectivity index (χ4v) is 1.36. The van der Waals surface area contributed by atoms with Gasteiger partial charge in [0.25, 0.3) is 0 Å². The fourth-order valence-electron chi connectivity index (χ4n) is 1.36. The fraction of sp³-hybridized carbons (Fsp3) is 0.462. The lowest BCUT2D eigenvalue weighted by atomic mass is 10.2. The average molecular weight is 255 g/mol. The van der Waals surface area contributed by atoms with Crippen LogP contribution in [0.2, 0.25) is 0 Å². The predicted molar refractivity (Wildman–Crippen MR) is 65.6 cm³/mol. The molecule has 0 spiro atoms. The zero-order chi connectivity index (χ0) is 13.4. The maximum absolute atomic E-state index is 12.7. The molecule has 4 nitrogen and oxygen atoms in total. The molecule has 1 rings (SSSR count). The number of ether oxygens (including phenoxy) is 2. The Balaban J connectivity index is 2.33. The second-order valence-electron chi connectivity index (χ2n) is 3.92. The summed E-state index contributed by atoms with van der Waals surface area (Å²) in [5.74, 6) is -0.397. The van der Waals surface area contributed by atoms with Crippen LogP contribution >= 0.6 is 0 Å². The first-order valence-electron chi connectivity index (χ1n) is 5.68. The van der Waals surface area contributed by atoms with Crippen molar-refractivity contribution in [1.82, 2.24) is 4.90 Å². The van der Waals surface area contributed by atoms with Crippen molar-refractivity contribution < 1.29 is 18.7 Å². The van der Waals surface area contributed by atoms with Crippen LogP contribution in [0, 0.1) is 5.82 Å². The van der Waals surface area contributed by atoms with Crippen LogP contribution in [0.15, 0.2) is 24.3 Å². The van der Waals surface area contributed by atoms with Crippen LogP contribution in [0.4, 0.5) is 4.39 Å². The highest BCUT2D eigenvalue weighted by Crippen LogP contribution is 2.05. The van der Waals surface area contributed by atoms with Crippen molar-refractivity contribution in [2.45, 2.75) is 6.54 Å². The summed E-state index contributed by atoms with van der Waals surface area (Å²) in [4.78, 5) is 13.2. The van der Waals surface area contributed by atoms with Crippen LogP contribution in [-0.4, -0.2) is 44.8 Å². The van der Waals surface area contributed by atoms with E-state index >= 15 is 0 Å². The summed E-state index contributed by atoms with van der Waals surface area (Å²) in [6.07, 6.45) is 0. The number of carbonyl (C=O) groups excluding carboxylic acids is 1. The number of amides is 1. The molecule has 18 heavy (non-hydrogen) atoms. The van der Waals surface area contributed by atoms with Gasteiger partial charge in [0, 0.05) is 20.7 Å². The van der Waals surface area contributed by atoms with E-state index in [0.717, 1.165) is 5.56 Å². The van der Waals surface area contributed by atoms with E-state index < -0.39 is 0 Å². The quantitative estimate of drug-likeness (QED) is 0.692. The van der Waals surface area contributed by atoms with Crippen molar-refractivity contribution in [2.24, 2.45) is 0 Å². The summed E-state index contributed by atoms with van der Waals surface area (Å²) in [5.41, 5.74) is 0.879. The molecule has 0 aliphatic heterocycles. The van der Waals surface area contributed by atoms with Crippen molar-refractivity contribution in [3.63, 3.8) is 0 Å². The number of hydrogen-bond donors (Lipinski definition) is 0. The third-order valence-electron chi connectivity index (χ3n) is 2.42. The molecule has 0 unspecified atom stereocenters. The van der Waals surface area contributed by atoms with Crippen molar-refractivity contribution in [2.75, 3.05) is 34.0 Å². The van der Waals surface area contributed by atoms with E-state index in [1.807, 2.05) is 0 Å². The zero-order valence-electron chi connectivity index (χ0n) is 10.7. The summed E-state index contributed by atoms with van der Waals surface area (Å²) in [6, 6.07) is 6.07. The average Bonchev–Trinajstić information content (AvgIpc) is 2.37. The molecular formula is C13H18FNO3. The summed E-state index contributed by atoms with van der Waals surface area (Å²) >= 11 is 0. The van der Waals surface area contributed by atoms with E-state index in [1.165, 1.54) is 12.1 Å². The largest absolute Gasteiger partial charge is 0.382 e. The van der Waals surface area contributed by atoms with Crippen LogP contribution in [0.1, 0.15) is 5.56 Å². The van der Waals surface area contributed by atoms with E-state index in [0.29, 0.717) is 19.8 Å². The Morgan fingerprint density at radius 1 is 1.28 bits per heavy atom. The molecular weight excluding hydrogens is 237 g/mol. The lowest BCUT2D eigenvalue weighted by Gasteiger charge is -2.17. The Bertz CT molecular complexity index is 367. The van der Waals surface area contributed by atoms with Gasteiger partial charge in [-0.05, 0) is 17.7 Å². The van der Waals surface area contributed by atoms with Gasteiger partial charge in [-0.3, -0.25) is 4.79 Å². The molecule has 0 aromatic heterocycles. The van der Waals surface area contributed by atoms with Crippen LogP contribution in [0.5, 0.6) is 0 Å². The summed E-state index contributed by atoms with van der Waals surface area (Å²) in [5, 5.41) is 0. The SMILES string of the molecule is COCCOCC(=O)N(C)Cc1ccc(F)cc1. The van der Waals surface area contributed by atoms with Gasteiger partial charge in [-0.1, -0.05) is 12.1 Å². The van der Waals surface area contributed by atoms with Gasteiger partial charge in [0.05, 0.1) is 13.2 Å². The molecule has 0 heterocycles. The van der Waals surface area contributed by atoms with Crippen LogP contribution < -0.4 is 0 Å². The van der Waals surface area contributed by atoms with Gasteiger partial charge in [0.2, 0.25) is 5.91 Å². The number of hydrogen-bond acceptors (Lipinski definition) is 3. The molecule has 0 saturated heterocycles. The predicted octanol–water partition coefficient (Wildman–Crippen LogP) is 1.45. The maximum atomic E-state index is 12.7. The Morgan fingerprint density at radius 2 is 1.94 bits per heavy atom. The Kier molecular flexibility index (Phi) is 6.32. The second-order valence-corrected chi connectivity index (χ2v) is 3.92. The van der Waals surface area contributed by atoms with Crippen molar-refractivity contribution in [3.8, 4) is 0 Å². The summed E-state index contributed by atoms with van der Waals surface area (Å²) < 4.78 is 22.7. The highest BCUT2D eigenvalue weighted by Gasteiger charge is 2.09. The minimum Gasteiger partial charge on any atom is -0.382 e. The molecule has 0 bridgehead atoms. The maximum Gasteiger partial charge on any atom is 0.248 e. The molecule has 0 atom stereocenters. The van der Waals surface area contributed by atoms with E-state index in [-0.39, 0.29) is 18.3 Å². The molecule has 1 amide bonds. The van der Waals surface area contributed by atoms with Gasteiger partial charge < -0.3 is 14.4 Å². The van der Waals surface area contributed by atoms with E-state index in [4.69, 9.17) is 9.47 Å². The van der Waals surface area contributed by atoms with Gasteiger partial charge in [0.15, 0.2) is 0 Å².